The van der Waals surface area contributed by atoms with Gasteiger partial charge < -0.3 is 38.0 Å². The number of cyclic esters (lactones) is 2. The summed E-state index contributed by atoms with van der Waals surface area (Å²) in [7, 11) is 1.56. The van der Waals surface area contributed by atoms with Gasteiger partial charge in [-0.15, -0.1) is 0 Å². The van der Waals surface area contributed by atoms with E-state index in [0.717, 1.165) is 0 Å². The third-order valence-corrected chi connectivity index (χ3v) is 9.64. The smallest absolute Gasteiger partial charge is 0.360 e. The van der Waals surface area contributed by atoms with E-state index in [-0.39, 0.29) is 35.9 Å². The standard InChI is InChI=1S/C43H54N2O10/c1-8-18-34(46)42(3,4)36-23-14-12-10-11-13-20-29(50-7)26-39-45-31(28-52-39)41(49)55-37(43(5,6)35(47)19-9-2)24-17-22-33-32(53-33)21-15-16-25-38-44-30(27-51-38)40(48)54-36/h8-22,25,27-29,32-37,46-47H,23-24,26H2,1-7H3/b11-10-,14-12-,18-8+,19-9+,20-13+,21-15+,22-17-,25-16+. The van der Waals surface area contributed by atoms with Gasteiger partial charge in [-0.3, -0.25) is 0 Å². The number of carbonyl (C=O) groups is 2. The van der Waals surface area contributed by atoms with Gasteiger partial charge in [-0.1, -0.05) is 119 Å². The lowest BCUT2D eigenvalue weighted by atomic mass is 9.79. The molecule has 4 heterocycles. The first kappa shape index (κ1) is 42.9. The summed E-state index contributed by atoms with van der Waals surface area (Å²) in [5.74, 6) is -0.828. The maximum atomic E-state index is 13.3. The van der Waals surface area contributed by atoms with Gasteiger partial charge in [0.2, 0.25) is 5.89 Å². The Bertz CT molecular complexity index is 1800. The fraction of sp³-hybridized carbons (Fsp3) is 0.442. The average Bonchev–Trinajstić information content (AvgIpc) is 3.47. The van der Waals surface area contributed by atoms with Crippen LogP contribution in [0.4, 0.5) is 0 Å². The number of ether oxygens (including phenoxy) is 4. The quantitative estimate of drug-likeness (QED) is 0.165. The van der Waals surface area contributed by atoms with Crippen molar-refractivity contribution in [3.05, 3.63) is 127 Å². The highest BCUT2D eigenvalue weighted by Crippen LogP contribution is 2.34. The normalized spacial score (nSPS) is 28.3. The molecule has 296 valence electrons. The monoisotopic (exact) mass is 758 g/mol. The number of aromatic nitrogens is 2. The number of aliphatic hydroxyl groups is 2. The Kier molecular flexibility index (Phi) is 15.7. The lowest BCUT2D eigenvalue weighted by Gasteiger charge is -2.36. The van der Waals surface area contributed by atoms with E-state index in [1.54, 1.807) is 49.6 Å². The highest BCUT2D eigenvalue weighted by atomic mass is 16.6. The Morgan fingerprint density at radius 1 is 0.745 bits per heavy atom. The highest BCUT2D eigenvalue weighted by Gasteiger charge is 2.40. The van der Waals surface area contributed by atoms with Crippen LogP contribution in [0.1, 0.15) is 87.1 Å². The molecule has 2 aliphatic heterocycles. The number of fused-ring (bicyclic) bond motifs is 5. The molecule has 0 aliphatic carbocycles. The van der Waals surface area contributed by atoms with E-state index in [0.29, 0.717) is 18.7 Å². The molecular formula is C43H54N2O10. The Balaban J connectivity index is 1.58. The van der Waals surface area contributed by atoms with Gasteiger partial charge in [-0.05, 0) is 13.8 Å². The maximum Gasteiger partial charge on any atom is 0.360 e. The molecule has 7 atom stereocenters. The number of hydrogen-bond acceptors (Lipinski definition) is 12. The minimum absolute atomic E-state index is 0.00780. The van der Waals surface area contributed by atoms with Crippen molar-refractivity contribution in [2.45, 2.75) is 104 Å². The van der Waals surface area contributed by atoms with Crippen LogP contribution >= 0.6 is 0 Å². The lowest BCUT2D eigenvalue weighted by molar-refractivity contribution is -0.0461. The molecule has 0 aromatic carbocycles. The molecule has 55 heavy (non-hydrogen) atoms. The molecule has 4 bridgehead atoms. The fourth-order valence-corrected chi connectivity index (χ4v) is 5.68. The van der Waals surface area contributed by atoms with Crippen molar-refractivity contribution < 1.29 is 47.6 Å². The molecule has 2 aromatic rings. The number of oxazole rings is 2. The first-order chi connectivity index (χ1) is 26.3. The summed E-state index contributed by atoms with van der Waals surface area (Å²) in [4.78, 5) is 35.2. The number of methoxy groups -OCH3 is 1. The van der Waals surface area contributed by atoms with Crippen LogP contribution in [0.3, 0.4) is 0 Å². The Morgan fingerprint density at radius 3 is 1.95 bits per heavy atom. The van der Waals surface area contributed by atoms with Crippen LogP contribution in [0.15, 0.2) is 113 Å². The number of rotatable bonds is 7. The van der Waals surface area contributed by atoms with Crippen LogP contribution in [-0.2, 0) is 25.4 Å². The van der Waals surface area contributed by atoms with Gasteiger partial charge in [-0.2, -0.15) is 0 Å². The second kappa shape index (κ2) is 20.2. The van der Waals surface area contributed by atoms with Crippen molar-refractivity contribution in [2.24, 2.45) is 10.8 Å². The summed E-state index contributed by atoms with van der Waals surface area (Å²) in [5, 5.41) is 21.8. The Hall–Kier alpha value is -4.88. The van der Waals surface area contributed by atoms with Gasteiger partial charge in [0.1, 0.15) is 36.9 Å². The van der Waals surface area contributed by atoms with Crippen LogP contribution in [0.25, 0.3) is 6.08 Å². The SMILES string of the molecule is C/C=C/C(O)C(C)(C)C1C\C=C/C=C\C=C\C(OC)Cc2nc(co2)C(=O)OC(C(C)(C)C(O)/C=C/C)C/C=C\C2OC2/C=C/C=C/c2nc(co2)C(=O)O1. The third kappa shape index (κ3) is 12.3. The molecule has 2 aromatic heterocycles. The Labute approximate surface area is 323 Å². The van der Waals surface area contributed by atoms with Gasteiger partial charge >= 0.3 is 11.9 Å². The van der Waals surface area contributed by atoms with Crippen LogP contribution in [0.2, 0.25) is 0 Å². The molecule has 2 aliphatic rings. The number of hydrogen-bond donors (Lipinski definition) is 2. The van der Waals surface area contributed by atoms with E-state index in [1.165, 1.54) is 12.5 Å². The molecule has 7 unspecified atom stereocenters. The van der Waals surface area contributed by atoms with E-state index in [4.69, 9.17) is 27.8 Å². The van der Waals surface area contributed by atoms with Crippen molar-refractivity contribution in [1.29, 1.82) is 0 Å². The predicted molar refractivity (Wildman–Crippen MR) is 208 cm³/mol. The zero-order chi connectivity index (χ0) is 40.0. The van der Waals surface area contributed by atoms with Crippen molar-refractivity contribution in [1.82, 2.24) is 9.97 Å². The molecule has 0 radical (unpaired) electrons. The van der Waals surface area contributed by atoms with Crippen molar-refractivity contribution in [3.8, 4) is 0 Å². The zero-order valence-electron chi connectivity index (χ0n) is 32.6. The van der Waals surface area contributed by atoms with E-state index in [9.17, 15) is 19.8 Å². The number of nitrogens with zero attached hydrogens (tertiary/aromatic N) is 2. The van der Waals surface area contributed by atoms with E-state index < -0.39 is 53.3 Å². The molecule has 1 fully saturated rings. The molecule has 0 amide bonds. The molecule has 1 saturated heterocycles. The van der Waals surface area contributed by atoms with Gasteiger partial charge in [0.15, 0.2) is 17.3 Å². The van der Waals surface area contributed by atoms with Crippen LogP contribution < -0.4 is 0 Å². The second-order valence-corrected chi connectivity index (χ2v) is 14.5. The van der Waals surface area contributed by atoms with E-state index in [1.807, 2.05) is 96.2 Å². The molecule has 2 N–H and O–H groups in total. The largest absolute Gasteiger partial charge is 0.457 e. The summed E-state index contributed by atoms with van der Waals surface area (Å²) in [5.41, 5.74) is -1.66. The number of aliphatic hydroxyl groups excluding tert-OH is 2. The summed E-state index contributed by atoms with van der Waals surface area (Å²) in [6.07, 6.45) is 28.0. The summed E-state index contributed by atoms with van der Waals surface area (Å²) >= 11 is 0. The van der Waals surface area contributed by atoms with Crippen molar-refractivity contribution in [2.75, 3.05) is 7.11 Å². The van der Waals surface area contributed by atoms with Gasteiger partial charge in [0.05, 0.1) is 24.7 Å². The predicted octanol–water partition coefficient (Wildman–Crippen LogP) is 7.25. The topological polar surface area (TPSA) is 167 Å². The number of epoxide rings is 1. The van der Waals surface area contributed by atoms with E-state index in [2.05, 4.69) is 9.97 Å². The Morgan fingerprint density at radius 2 is 1.31 bits per heavy atom. The van der Waals surface area contributed by atoms with Gasteiger partial charge in [0, 0.05) is 36.9 Å². The maximum absolute atomic E-state index is 13.3. The third-order valence-electron chi connectivity index (χ3n) is 9.64. The molecule has 0 spiro atoms. The van der Waals surface area contributed by atoms with Crippen LogP contribution in [0.5, 0.6) is 0 Å². The van der Waals surface area contributed by atoms with E-state index >= 15 is 0 Å². The molecule has 0 saturated carbocycles. The number of esters is 2. The first-order valence-electron chi connectivity index (χ1n) is 18.4. The minimum Gasteiger partial charge on any atom is -0.457 e. The molecule has 4 rings (SSSR count). The number of allylic oxidation sites excluding steroid dienone is 8. The molecule has 12 heteroatoms. The van der Waals surface area contributed by atoms with Crippen molar-refractivity contribution in [3.63, 3.8) is 0 Å². The zero-order valence-corrected chi connectivity index (χ0v) is 32.6. The number of carbonyl (C=O) groups excluding carboxylic acids is 2. The second-order valence-electron chi connectivity index (χ2n) is 14.5. The first-order valence-corrected chi connectivity index (χ1v) is 18.4. The van der Waals surface area contributed by atoms with Crippen molar-refractivity contribution >= 4 is 18.0 Å². The summed E-state index contributed by atoms with van der Waals surface area (Å²) in [6.45, 7) is 11.0. The van der Waals surface area contributed by atoms with Crippen LogP contribution in [-0.4, -0.2) is 82.0 Å². The highest BCUT2D eigenvalue weighted by molar-refractivity contribution is 5.87. The summed E-state index contributed by atoms with van der Waals surface area (Å²) in [6, 6.07) is 0. The minimum atomic E-state index is -0.880. The summed E-state index contributed by atoms with van der Waals surface area (Å²) < 4.78 is 34.3. The molecular weight excluding hydrogens is 704 g/mol. The van der Waals surface area contributed by atoms with Crippen LogP contribution in [0, 0.1) is 10.8 Å². The van der Waals surface area contributed by atoms with Gasteiger partial charge in [-0.25, -0.2) is 19.6 Å². The van der Waals surface area contributed by atoms with Gasteiger partial charge in [0.25, 0.3) is 0 Å². The fourth-order valence-electron chi connectivity index (χ4n) is 5.68. The lowest BCUT2D eigenvalue weighted by Crippen LogP contribution is -2.42. The average molecular weight is 759 g/mol. The molecule has 12 nitrogen and oxygen atoms in total.